The lowest BCUT2D eigenvalue weighted by Crippen LogP contribution is -2.34. The van der Waals surface area contributed by atoms with Crippen LogP contribution in [0.4, 0.5) is 17.1 Å². The highest BCUT2D eigenvalue weighted by Gasteiger charge is 2.22. The van der Waals surface area contributed by atoms with Crippen LogP contribution in [-0.2, 0) is 17.8 Å². The summed E-state index contributed by atoms with van der Waals surface area (Å²) in [4.78, 5) is 21.5. The molecule has 2 aliphatic rings. The number of aromatic nitrogens is 1. The third kappa shape index (κ3) is 5.49. The minimum absolute atomic E-state index is 0.277. The molecule has 5 rings (SSSR count). The number of likely N-dealkylation sites (N-methyl/N-ethyl adjacent to an activating group) is 2. The van der Waals surface area contributed by atoms with E-state index in [-0.39, 0.29) is 5.91 Å². The fourth-order valence-electron chi connectivity index (χ4n) is 5.20. The van der Waals surface area contributed by atoms with E-state index in [0.29, 0.717) is 17.1 Å². The van der Waals surface area contributed by atoms with Gasteiger partial charge in [0.15, 0.2) is 6.29 Å². The van der Waals surface area contributed by atoms with Crippen LogP contribution in [-0.4, -0.2) is 68.7 Å². The SMILES string of the molecule is C=CC(=O)Nc1cc(NC2N=C(c3cn4c5c(cccc35)CCC4)C=CN2)c(OC)cc1N(C)CCN(C)C. The second kappa shape index (κ2) is 11.2. The minimum Gasteiger partial charge on any atom is -0.495 e. The lowest BCUT2D eigenvalue weighted by Gasteiger charge is -2.27. The van der Waals surface area contributed by atoms with Crippen LogP contribution in [0.1, 0.15) is 17.5 Å². The van der Waals surface area contributed by atoms with Crippen molar-refractivity contribution in [3.63, 3.8) is 0 Å². The molecule has 1 aromatic heterocycles. The molecule has 0 aliphatic carbocycles. The lowest BCUT2D eigenvalue weighted by molar-refractivity contribution is -0.111. The van der Waals surface area contributed by atoms with Crippen LogP contribution in [0, 0.1) is 0 Å². The normalized spacial score (nSPS) is 16.0. The quantitative estimate of drug-likeness (QED) is 0.346. The van der Waals surface area contributed by atoms with Crippen molar-refractivity contribution in [3.8, 4) is 5.75 Å². The van der Waals surface area contributed by atoms with Gasteiger partial charge >= 0.3 is 0 Å². The molecule has 3 heterocycles. The smallest absolute Gasteiger partial charge is 0.247 e. The molecule has 1 amide bonds. The number of nitrogens with one attached hydrogen (secondary N) is 3. The average molecular weight is 528 g/mol. The zero-order chi connectivity index (χ0) is 27.5. The molecule has 2 aliphatic heterocycles. The fourth-order valence-corrected chi connectivity index (χ4v) is 5.20. The van der Waals surface area contributed by atoms with Crippen LogP contribution >= 0.6 is 0 Å². The number of allylic oxidation sites excluding steroid dienone is 1. The van der Waals surface area contributed by atoms with Crippen molar-refractivity contribution in [2.75, 3.05) is 56.9 Å². The van der Waals surface area contributed by atoms with Crippen molar-refractivity contribution in [2.24, 2.45) is 4.99 Å². The first kappa shape index (κ1) is 26.4. The van der Waals surface area contributed by atoms with E-state index < -0.39 is 6.29 Å². The van der Waals surface area contributed by atoms with Gasteiger partial charge in [-0.15, -0.1) is 0 Å². The summed E-state index contributed by atoms with van der Waals surface area (Å²) in [7, 11) is 7.71. The number of hydrogen-bond acceptors (Lipinski definition) is 7. The maximum absolute atomic E-state index is 12.3. The van der Waals surface area contributed by atoms with Gasteiger partial charge in [-0.3, -0.25) is 4.79 Å². The Morgan fingerprint density at radius 1 is 1.26 bits per heavy atom. The predicted molar refractivity (Wildman–Crippen MR) is 160 cm³/mol. The van der Waals surface area contributed by atoms with Crippen molar-refractivity contribution in [1.29, 1.82) is 0 Å². The summed E-state index contributed by atoms with van der Waals surface area (Å²) in [6.07, 6.45) is 9.26. The maximum atomic E-state index is 12.3. The molecule has 0 spiro atoms. The number of carbonyl (C=O) groups is 1. The van der Waals surface area contributed by atoms with Gasteiger partial charge in [0.05, 0.1) is 35.4 Å². The lowest BCUT2D eigenvalue weighted by atomic mass is 10.0. The molecular weight excluding hydrogens is 490 g/mol. The summed E-state index contributed by atoms with van der Waals surface area (Å²) in [5, 5.41) is 10.9. The highest BCUT2D eigenvalue weighted by Crippen LogP contribution is 2.37. The number of para-hydroxylation sites is 1. The van der Waals surface area contributed by atoms with Crippen LogP contribution < -0.4 is 25.6 Å². The molecular formula is C30H37N7O2. The van der Waals surface area contributed by atoms with Gasteiger partial charge in [-0.05, 0) is 50.7 Å². The van der Waals surface area contributed by atoms with Crippen LogP contribution in [0.15, 0.2) is 66.5 Å². The molecule has 0 saturated heterocycles. The summed E-state index contributed by atoms with van der Waals surface area (Å²) in [6.45, 7) is 6.27. The first-order valence-corrected chi connectivity index (χ1v) is 13.3. The molecule has 9 heteroatoms. The molecule has 39 heavy (non-hydrogen) atoms. The van der Waals surface area contributed by atoms with Crippen molar-refractivity contribution in [2.45, 2.75) is 25.7 Å². The third-order valence-corrected chi connectivity index (χ3v) is 7.21. The Morgan fingerprint density at radius 2 is 2.10 bits per heavy atom. The van der Waals surface area contributed by atoms with Gasteiger partial charge in [0, 0.05) is 56.1 Å². The van der Waals surface area contributed by atoms with Crippen molar-refractivity contribution >= 4 is 39.6 Å². The topological polar surface area (TPSA) is 86.2 Å². The molecule has 2 aromatic carbocycles. The number of aliphatic imine (C=N–C) groups is 1. The number of aryl methyl sites for hydroxylation is 2. The second-order valence-corrected chi connectivity index (χ2v) is 10.2. The van der Waals surface area contributed by atoms with E-state index in [4.69, 9.17) is 9.73 Å². The number of methoxy groups -OCH3 is 1. The van der Waals surface area contributed by atoms with E-state index in [9.17, 15) is 4.79 Å². The van der Waals surface area contributed by atoms with E-state index in [1.165, 1.54) is 22.5 Å². The minimum atomic E-state index is -0.425. The maximum Gasteiger partial charge on any atom is 0.247 e. The number of nitrogens with zero attached hydrogens (tertiary/aromatic N) is 4. The number of carbonyl (C=O) groups excluding carboxylic acids is 1. The summed E-state index contributed by atoms with van der Waals surface area (Å²) >= 11 is 0. The highest BCUT2D eigenvalue weighted by molar-refractivity contribution is 6.17. The summed E-state index contributed by atoms with van der Waals surface area (Å²) < 4.78 is 8.12. The predicted octanol–water partition coefficient (Wildman–Crippen LogP) is 4.02. The Morgan fingerprint density at radius 3 is 2.87 bits per heavy atom. The number of anilines is 3. The summed E-state index contributed by atoms with van der Waals surface area (Å²) in [5.74, 6) is 0.374. The number of rotatable bonds is 10. The first-order chi connectivity index (χ1) is 18.9. The van der Waals surface area contributed by atoms with Gasteiger partial charge in [-0.2, -0.15) is 0 Å². The standard InChI is InChI=1S/C30H37N7O2/c1-6-28(38)32-24-17-25(27(39-5)18-26(24)36(4)16-15-35(2)3)34-30-31-13-12-23(33-30)22-19-37-14-8-10-20-9-7-11-21(22)29(20)37/h6-7,9,11-13,17-19,30-31,34H,1,8,10,14-16H2,2-5H3,(H,32,38). The molecule has 1 atom stereocenters. The summed E-state index contributed by atoms with van der Waals surface area (Å²) in [5.41, 5.74) is 6.97. The van der Waals surface area contributed by atoms with Crippen LogP contribution in [0.5, 0.6) is 5.75 Å². The van der Waals surface area contributed by atoms with Crippen molar-refractivity contribution in [3.05, 3.63) is 72.6 Å². The fraction of sp³-hybridized carbons (Fsp3) is 0.333. The van der Waals surface area contributed by atoms with E-state index in [1.54, 1.807) is 7.11 Å². The third-order valence-electron chi connectivity index (χ3n) is 7.21. The van der Waals surface area contributed by atoms with Gasteiger partial charge in [-0.25, -0.2) is 4.99 Å². The van der Waals surface area contributed by atoms with Crippen LogP contribution in [0.3, 0.4) is 0 Å². The molecule has 204 valence electrons. The zero-order valence-corrected chi connectivity index (χ0v) is 23.1. The van der Waals surface area contributed by atoms with E-state index >= 15 is 0 Å². The van der Waals surface area contributed by atoms with Gasteiger partial charge in [-0.1, -0.05) is 24.8 Å². The Hall–Kier alpha value is -4.24. The van der Waals surface area contributed by atoms with Crippen LogP contribution in [0.25, 0.3) is 10.9 Å². The molecule has 0 saturated carbocycles. The average Bonchev–Trinajstić information content (AvgIpc) is 3.32. The summed E-state index contributed by atoms with van der Waals surface area (Å²) in [6, 6.07) is 10.4. The number of ether oxygens (including phenoxy) is 1. The van der Waals surface area contributed by atoms with E-state index in [1.807, 2.05) is 45.6 Å². The Labute approximate surface area is 229 Å². The van der Waals surface area contributed by atoms with E-state index in [2.05, 4.69) is 61.3 Å². The largest absolute Gasteiger partial charge is 0.495 e. The Kier molecular flexibility index (Phi) is 7.60. The molecule has 0 bridgehead atoms. The Bertz CT molecular complexity index is 1450. The van der Waals surface area contributed by atoms with Gasteiger partial charge in [0.25, 0.3) is 0 Å². The zero-order valence-electron chi connectivity index (χ0n) is 23.1. The van der Waals surface area contributed by atoms with Crippen molar-refractivity contribution < 1.29 is 9.53 Å². The number of amides is 1. The van der Waals surface area contributed by atoms with Gasteiger partial charge < -0.3 is 35.1 Å². The van der Waals surface area contributed by atoms with Crippen LogP contribution in [0.2, 0.25) is 0 Å². The van der Waals surface area contributed by atoms with Crippen molar-refractivity contribution in [1.82, 2.24) is 14.8 Å². The molecule has 3 aromatic rings. The molecule has 1 unspecified atom stereocenters. The number of benzene rings is 2. The second-order valence-electron chi connectivity index (χ2n) is 10.2. The Balaban J connectivity index is 1.46. The monoisotopic (exact) mass is 527 g/mol. The molecule has 0 radical (unpaired) electrons. The molecule has 9 nitrogen and oxygen atoms in total. The first-order valence-electron chi connectivity index (χ1n) is 13.3. The van der Waals surface area contributed by atoms with E-state index in [0.717, 1.165) is 49.4 Å². The van der Waals surface area contributed by atoms with Gasteiger partial charge in [0.1, 0.15) is 5.75 Å². The molecule has 0 fully saturated rings. The highest BCUT2D eigenvalue weighted by atomic mass is 16.5. The van der Waals surface area contributed by atoms with Gasteiger partial charge in [0.2, 0.25) is 5.91 Å². The number of hydrogen-bond donors (Lipinski definition) is 3. The molecule has 3 N–H and O–H groups in total.